The third-order valence-electron chi connectivity index (χ3n) is 5.29. The van der Waals surface area contributed by atoms with Gasteiger partial charge in [0.25, 0.3) is 5.91 Å². The van der Waals surface area contributed by atoms with Crippen molar-refractivity contribution < 1.29 is 27.4 Å². The molecule has 4 aromatic rings. The van der Waals surface area contributed by atoms with Gasteiger partial charge in [-0.2, -0.15) is 5.10 Å². The topological polar surface area (TPSA) is 94.1 Å². The maximum Gasteiger partial charge on any atom is 0.573 e. The van der Waals surface area contributed by atoms with Crippen LogP contribution in [0.25, 0.3) is 22.3 Å². The number of nitrogens with one attached hydrogen (secondary N) is 2. The Hall–Kier alpha value is -3.86. The van der Waals surface area contributed by atoms with Gasteiger partial charge in [0.15, 0.2) is 0 Å². The summed E-state index contributed by atoms with van der Waals surface area (Å²) in [5.74, 6) is -0.0388. The lowest BCUT2D eigenvalue weighted by Crippen LogP contribution is -2.21. The van der Waals surface area contributed by atoms with Crippen LogP contribution in [-0.2, 0) is 11.3 Å². The van der Waals surface area contributed by atoms with Crippen LogP contribution in [-0.4, -0.2) is 38.6 Å². The molecule has 0 saturated carbocycles. The normalized spacial score (nSPS) is 15.9. The van der Waals surface area contributed by atoms with E-state index in [0.717, 1.165) is 34.7 Å². The summed E-state index contributed by atoms with van der Waals surface area (Å²) in [7, 11) is 0. The average molecular weight is 457 g/mol. The van der Waals surface area contributed by atoms with E-state index < -0.39 is 12.3 Å². The number of alkyl halides is 3. The summed E-state index contributed by atoms with van der Waals surface area (Å²) >= 11 is 0. The molecule has 1 amide bonds. The zero-order valence-electron chi connectivity index (χ0n) is 17.3. The highest BCUT2D eigenvalue weighted by Crippen LogP contribution is 2.34. The summed E-state index contributed by atoms with van der Waals surface area (Å²) in [6, 6.07) is 10.2. The second kappa shape index (κ2) is 7.93. The number of benzene rings is 2. The number of rotatable bonds is 4. The summed E-state index contributed by atoms with van der Waals surface area (Å²) in [6.45, 7) is 2.96. The fraction of sp³-hybridized carbons (Fsp3) is 0.227. The summed E-state index contributed by atoms with van der Waals surface area (Å²) in [6.07, 6.45) is -3.16. The lowest BCUT2D eigenvalue weighted by Gasteiger charge is -2.23. The zero-order chi connectivity index (χ0) is 23.2. The second-order valence-corrected chi connectivity index (χ2v) is 7.65. The van der Waals surface area contributed by atoms with Gasteiger partial charge < -0.3 is 19.4 Å². The molecule has 0 unspecified atom stereocenters. The molecule has 170 valence electrons. The number of fused-ring (bicyclic) bond motifs is 3. The number of carbonyl (C=O) groups excluding carboxylic acids is 1. The molecular formula is C22H18F3N5O3. The first-order chi connectivity index (χ1) is 15.8. The molecule has 0 radical (unpaired) electrons. The maximum absolute atomic E-state index is 13.0. The number of hydrogen-bond donors (Lipinski definition) is 2. The van der Waals surface area contributed by atoms with Gasteiger partial charge in [0.05, 0.1) is 29.4 Å². The zero-order valence-corrected chi connectivity index (χ0v) is 17.3. The maximum atomic E-state index is 13.0. The molecule has 0 fully saturated rings. The second-order valence-electron chi connectivity index (χ2n) is 7.65. The first-order valence-corrected chi connectivity index (χ1v) is 10.1. The Balaban J connectivity index is 1.50. The molecule has 0 spiro atoms. The number of aromatic nitrogens is 4. The first kappa shape index (κ1) is 21.0. The Morgan fingerprint density at radius 3 is 2.73 bits per heavy atom. The van der Waals surface area contributed by atoms with Crippen LogP contribution >= 0.6 is 0 Å². The number of carbonyl (C=O) groups is 1. The minimum Gasteiger partial charge on any atom is -0.406 e. The number of anilines is 1. The van der Waals surface area contributed by atoms with Crippen LogP contribution in [0.3, 0.4) is 0 Å². The Kier molecular flexibility index (Phi) is 5.05. The van der Waals surface area contributed by atoms with Gasteiger partial charge in [-0.3, -0.25) is 9.89 Å². The quantitative estimate of drug-likeness (QED) is 0.465. The highest BCUT2D eigenvalue weighted by atomic mass is 19.4. The number of nitrogens with zero attached hydrogens (tertiary/aromatic N) is 3. The van der Waals surface area contributed by atoms with E-state index in [1.54, 1.807) is 24.4 Å². The molecule has 2 aromatic carbocycles. The van der Waals surface area contributed by atoms with Crippen LogP contribution in [0.15, 0.2) is 48.7 Å². The Morgan fingerprint density at radius 1 is 1.24 bits per heavy atom. The van der Waals surface area contributed by atoms with Crippen molar-refractivity contribution in [3.63, 3.8) is 0 Å². The van der Waals surface area contributed by atoms with Crippen molar-refractivity contribution in [3.8, 4) is 17.0 Å². The van der Waals surface area contributed by atoms with Gasteiger partial charge in [-0.15, -0.1) is 13.2 Å². The number of imidazole rings is 1. The summed E-state index contributed by atoms with van der Waals surface area (Å²) in [5, 5.41) is 9.66. The Labute approximate surface area is 185 Å². The van der Waals surface area contributed by atoms with Crippen LogP contribution in [0, 0.1) is 0 Å². The van der Waals surface area contributed by atoms with Crippen molar-refractivity contribution in [3.05, 3.63) is 60.0 Å². The molecule has 11 heteroatoms. The van der Waals surface area contributed by atoms with Crippen LogP contribution in [0.4, 0.5) is 18.9 Å². The third-order valence-corrected chi connectivity index (χ3v) is 5.29. The van der Waals surface area contributed by atoms with Gasteiger partial charge in [-0.1, -0.05) is 0 Å². The van der Waals surface area contributed by atoms with Gasteiger partial charge in [-0.25, -0.2) is 4.98 Å². The van der Waals surface area contributed by atoms with Crippen LogP contribution in [0.1, 0.15) is 29.1 Å². The lowest BCUT2D eigenvalue weighted by atomic mass is 10.0. The molecule has 1 atom stereocenters. The van der Waals surface area contributed by atoms with E-state index in [1.165, 1.54) is 12.1 Å². The number of H-pyrrole nitrogens is 1. The molecule has 33 heavy (non-hydrogen) atoms. The largest absolute Gasteiger partial charge is 0.573 e. The van der Waals surface area contributed by atoms with Gasteiger partial charge in [-0.05, 0) is 49.4 Å². The molecular weight excluding hydrogens is 439 g/mol. The minimum atomic E-state index is -4.78. The number of aromatic amines is 1. The third kappa shape index (κ3) is 4.14. The average Bonchev–Trinajstić information content (AvgIpc) is 3.41. The molecule has 3 heterocycles. The number of halogens is 3. The monoisotopic (exact) mass is 457 g/mol. The van der Waals surface area contributed by atoms with E-state index in [-0.39, 0.29) is 11.8 Å². The van der Waals surface area contributed by atoms with Gasteiger partial charge in [0.2, 0.25) is 0 Å². The number of hydrogen-bond acceptors (Lipinski definition) is 5. The fourth-order valence-corrected chi connectivity index (χ4v) is 3.94. The standard InChI is InChI=1S/C22H18F3N5O3/c1-12-10-32-11-19-28-18-9-13(8-16(20(18)30(12)19)17-6-7-26-29-17)21(31)27-14-2-4-15(5-3-14)33-22(23,24)25/h2-9,12H,10-11H2,1H3,(H,26,29)(H,27,31)/t12-/m1/s1. The number of ether oxygens (including phenoxy) is 2. The summed E-state index contributed by atoms with van der Waals surface area (Å²) in [4.78, 5) is 17.7. The predicted octanol–water partition coefficient (Wildman–Crippen LogP) is 4.67. The smallest absolute Gasteiger partial charge is 0.406 e. The van der Waals surface area contributed by atoms with Crippen LogP contribution in [0.2, 0.25) is 0 Å². The highest BCUT2D eigenvalue weighted by Gasteiger charge is 2.31. The SMILES string of the molecule is C[C@@H]1COCc2nc3cc(C(=O)Nc4ccc(OC(F)(F)F)cc4)cc(-c4ccn[nH]4)c3n21. The van der Waals surface area contributed by atoms with E-state index in [0.29, 0.717) is 30.0 Å². The van der Waals surface area contributed by atoms with Crippen molar-refractivity contribution >= 4 is 22.6 Å². The number of amides is 1. The molecule has 5 rings (SSSR count). The van der Waals surface area contributed by atoms with E-state index in [4.69, 9.17) is 4.74 Å². The van der Waals surface area contributed by atoms with E-state index in [9.17, 15) is 18.0 Å². The molecule has 1 aliphatic rings. The summed E-state index contributed by atoms with van der Waals surface area (Å²) < 4.78 is 48.6. The van der Waals surface area contributed by atoms with Gasteiger partial charge in [0, 0.05) is 23.0 Å². The first-order valence-electron chi connectivity index (χ1n) is 10.1. The van der Waals surface area contributed by atoms with Crippen molar-refractivity contribution in [2.45, 2.75) is 25.9 Å². The van der Waals surface area contributed by atoms with Crippen molar-refractivity contribution in [2.75, 3.05) is 11.9 Å². The lowest BCUT2D eigenvalue weighted by molar-refractivity contribution is -0.274. The minimum absolute atomic E-state index is 0.0672. The summed E-state index contributed by atoms with van der Waals surface area (Å²) in [5.41, 5.74) is 3.65. The highest BCUT2D eigenvalue weighted by molar-refractivity contribution is 6.08. The molecule has 2 N–H and O–H groups in total. The molecule has 0 saturated heterocycles. The van der Waals surface area contributed by atoms with Crippen molar-refractivity contribution in [1.29, 1.82) is 0 Å². The van der Waals surface area contributed by atoms with Gasteiger partial charge in [0.1, 0.15) is 18.2 Å². The van der Waals surface area contributed by atoms with Gasteiger partial charge >= 0.3 is 6.36 Å². The van der Waals surface area contributed by atoms with Crippen molar-refractivity contribution in [1.82, 2.24) is 19.7 Å². The molecule has 1 aliphatic heterocycles. The van der Waals surface area contributed by atoms with Crippen LogP contribution < -0.4 is 10.1 Å². The van der Waals surface area contributed by atoms with E-state index in [1.807, 2.05) is 6.92 Å². The Bertz CT molecular complexity index is 1310. The molecule has 0 bridgehead atoms. The molecule has 2 aromatic heterocycles. The van der Waals surface area contributed by atoms with Crippen molar-refractivity contribution in [2.24, 2.45) is 0 Å². The van der Waals surface area contributed by atoms with E-state index >= 15 is 0 Å². The molecule has 0 aliphatic carbocycles. The predicted molar refractivity (Wildman–Crippen MR) is 113 cm³/mol. The molecule has 8 nitrogen and oxygen atoms in total. The van der Waals surface area contributed by atoms with Crippen LogP contribution in [0.5, 0.6) is 5.75 Å². The Morgan fingerprint density at radius 2 is 2.03 bits per heavy atom. The van der Waals surface area contributed by atoms with E-state index in [2.05, 4.69) is 29.8 Å². The fourth-order valence-electron chi connectivity index (χ4n) is 3.94.